The van der Waals surface area contributed by atoms with Crippen molar-refractivity contribution >= 4 is 24.8 Å². The van der Waals surface area contributed by atoms with Crippen molar-refractivity contribution in [3.63, 3.8) is 0 Å². The first kappa shape index (κ1) is 33.5. The molecule has 25 heavy (non-hydrogen) atoms. The van der Waals surface area contributed by atoms with E-state index in [2.05, 4.69) is 27.1 Å². The van der Waals surface area contributed by atoms with Crippen LogP contribution >= 0.6 is 24.8 Å². The first-order valence-corrected chi connectivity index (χ1v) is 11.5. The summed E-state index contributed by atoms with van der Waals surface area (Å²) in [7, 11) is -6.42. The molecule has 0 aromatic carbocycles. The largest absolute Gasteiger partial charge is 0.319 e. The summed E-state index contributed by atoms with van der Waals surface area (Å²) in [5, 5.41) is 0. The Morgan fingerprint density at radius 3 is 0.640 bits per heavy atom. The zero-order valence-electron chi connectivity index (χ0n) is 15.8. The molecule has 9 nitrogen and oxygen atoms in total. The summed E-state index contributed by atoms with van der Waals surface area (Å²) in [6, 6.07) is 0. The standard InChI is InChI=1S/3C4H11O3P.Co/c3*1-3-6-8(5)7-4-2;/h3*8H,3-4H2,1-2H3;. The van der Waals surface area contributed by atoms with E-state index in [4.69, 9.17) is 0 Å². The molecule has 0 saturated carbocycles. The minimum Gasteiger partial charge on any atom is -0.311 e. The van der Waals surface area contributed by atoms with E-state index >= 15 is 0 Å². The fourth-order valence-electron chi connectivity index (χ4n) is 0.832. The van der Waals surface area contributed by atoms with Gasteiger partial charge < -0.3 is 27.1 Å². The van der Waals surface area contributed by atoms with Gasteiger partial charge in [0.1, 0.15) is 0 Å². The van der Waals surface area contributed by atoms with E-state index in [1.165, 1.54) is 0 Å². The monoisotopic (exact) mass is 473 g/mol. The fourth-order valence-corrected chi connectivity index (χ4v) is 2.50. The van der Waals surface area contributed by atoms with Crippen LogP contribution in [0.2, 0.25) is 0 Å². The van der Waals surface area contributed by atoms with E-state index in [0.29, 0.717) is 39.6 Å². The molecule has 0 aromatic rings. The fraction of sp³-hybridized carbons (Fsp3) is 1.00. The second-order valence-corrected chi connectivity index (χ2v) is 6.58. The zero-order chi connectivity index (χ0) is 19.2. The van der Waals surface area contributed by atoms with Crippen molar-refractivity contribution in [3.8, 4) is 0 Å². The Kier molecular flexibility index (Phi) is 39.9. The van der Waals surface area contributed by atoms with E-state index in [0.717, 1.165) is 0 Å². The molecule has 0 aliphatic heterocycles. The molecule has 0 fully saturated rings. The maximum Gasteiger partial charge on any atom is 0.319 e. The van der Waals surface area contributed by atoms with Crippen LogP contribution in [0.1, 0.15) is 41.5 Å². The van der Waals surface area contributed by atoms with Gasteiger partial charge in [0.05, 0.1) is 39.6 Å². The normalized spacial score (nSPS) is 9.96. The van der Waals surface area contributed by atoms with Gasteiger partial charge >= 0.3 is 24.8 Å². The minimum atomic E-state index is -2.14. The molecule has 0 unspecified atom stereocenters. The van der Waals surface area contributed by atoms with Crippen LogP contribution in [-0.4, -0.2) is 39.6 Å². The second kappa shape index (κ2) is 29.7. The Morgan fingerprint density at radius 2 is 0.560 bits per heavy atom. The van der Waals surface area contributed by atoms with Crippen LogP contribution in [0.5, 0.6) is 0 Å². The average Bonchev–Trinajstić information content (AvgIpc) is 2.50. The van der Waals surface area contributed by atoms with Crippen LogP contribution < -0.4 is 0 Å². The van der Waals surface area contributed by atoms with Gasteiger partial charge in [-0.05, 0) is 41.5 Å². The second-order valence-electron chi connectivity index (χ2n) is 3.35. The topological polar surface area (TPSA) is 107 Å². The smallest absolute Gasteiger partial charge is 0.311 e. The Balaban J connectivity index is -0.000000130. The molecular formula is C12H33CoO9P3. The maximum atomic E-state index is 10.4. The van der Waals surface area contributed by atoms with E-state index in [1.54, 1.807) is 41.5 Å². The van der Waals surface area contributed by atoms with Crippen LogP contribution in [-0.2, 0) is 57.6 Å². The van der Waals surface area contributed by atoms with Gasteiger partial charge in [-0.2, -0.15) is 0 Å². The van der Waals surface area contributed by atoms with E-state index < -0.39 is 24.8 Å². The van der Waals surface area contributed by atoms with Crippen molar-refractivity contribution in [2.75, 3.05) is 39.6 Å². The molecule has 0 heterocycles. The Morgan fingerprint density at radius 1 is 0.440 bits per heavy atom. The molecule has 0 bridgehead atoms. The molecule has 0 atom stereocenters. The van der Waals surface area contributed by atoms with Crippen molar-refractivity contribution in [1.82, 2.24) is 0 Å². The molecular weight excluding hydrogens is 440 g/mol. The SMILES string of the molecule is CCO[PH](=O)OCC.CCO[PH](=O)OCC.CCO[PH](=O)OCC.[Co]. The summed E-state index contributed by atoms with van der Waals surface area (Å²) in [5.74, 6) is 0. The molecule has 0 amide bonds. The molecule has 0 N–H and O–H groups in total. The van der Waals surface area contributed by atoms with Gasteiger partial charge in [0.15, 0.2) is 0 Å². The predicted octanol–water partition coefficient (Wildman–Crippen LogP) is 4.34. The van der Waals surface area contributed by atoms with Gasteiger partial charge in [-0.3, -0.25) is 13.7 Å². The van der Waals surface area contributed by atoms with Gasteiger partial charge in [0.25, 0.3) is 0 Å². The van der Waals surface area contributed by atoms with Crippen LogP contribution in [0.3, 0.4) is 0 Å². The molecule has 0 saturated heterocycles. The van der Waals surface area contributed by atoms with E-state index in [-0.39, 0.29) is 16.8 Å². The van der Waals surface area contributed by atoms with Crippen LogP contribution in [0.25, 0.3) is 0 Å². The third-order valence-corrected chi connectivity index (χ3v) is 4.72. The van der Waals surface area contributed by atoms with E-state index in [1.807, 2.05) is 0 Å². The van der Waals surface area contributed by atoms with Crippen LogP contribution in [0, 0.1) is 0 Å². The van der Waals surface area contributed by atoms with Crippen molar-refractivity contribution in [3.05, 3.63) is 0 Å². The van der Waals surface area contributed by atoms with Crippen LogP contribution in [0.15, 0.2) is 0 Å². The third kappa shape index (κ3) is 36.6. The quantitative estimate of drug-likeness (QED) is 0.383. The molecule has 159 valence electrons. The molecule has 1 radical (unpaired) electrons. The predicted molar refractivity (Wildman–Crippen MR) is 96.8 cm³/mol. The first-order chi connectivity index (χ1) is 11.4. The summed E-state index contributed by atoms with van der Waals surface area (Å²) < 4.78 is 58.8. The molecule has 13 heteroatoms. The third-order valence-electron chi connectivity index (χ3n) is 1.57. The summed E-state index contributed by atoms with van der Waals surface area (Å²) in [6.45, 7) is 13.4. The van der Waals surface area contributed by atoms with Crippen molar-refractivity contribution in [1.29, 1.82) is 0 Å². The molecule has 0 aromatic heterocycles. The molecule has 0 aliphatic rings. The number of hydrogen-bond acceptors (Lipinski definition) is 9. The van der Waals surface area contributed by atoms with Gasteiger partial charge in [-0.15, -0.1) is 0 Å². The van der Waals surface area contributed by atoms with Gasteiger partial charge in [0, 0.05) is 16.8 Å². The van der Waals surface area contributed by atoms with Crippen molar-refractivity contribution in [2.24, 2.45) is 0 Å². The molecule has 0 rings (SSSR count). The first-order valence-electron chi connectivity index (χ1n) is 7.81. The Labute approximate surface area is 163 Å². The molecule has 0 aliphatic carbocycles. The summed E-state index contributed by atoms with van der Waals surface area (Å²) in [6.07, 6.45) is 0. The summed E-state index contributed by atoms with van der Waals surface area (Å²) >= 11 is 0. The van der Waals surface area contributed by atoms with Crippen LogP contribution in [0.4, 0.5) is 0 Å². The summed E-state index contributed by atoms with van der Waals surface area (Å²) in [5.41, 5.74) is 0. The van der Waals surface area contributed by atoms with Crippen molar-refractivity contribution < 1.29 is 57.6 Å². The van der Waals surface area contributed by atoms with Gasteiger partial charge in [0.2, 0.25) is 0 Å². The summed E-state index contributed by atoms with van der Waals surface area (Å²) in [4.78, 5) is 0. The number of hydrogen-bond donors (Lipinski definition) is 0. The van der Waals surface area contributed by atoms with Gasteiger partial charge in [-0.1, -0.05) is 0 Å². The zero-order valence-corrected chi connectivity index (χ0v) is 19.8. The average molecular weight is 473 g/mol. The minimum absolute atomic E-state index is 0. The van der Waals surface area contributed by atoms with Crippen molar-refractivity contribution in [2.45, 2.75) is 41.5 Å². The van der Waals surface area contributed by atoms with Gasteiger partial charge in [-0.25, -0.2) is 0 Å². The number of rotatable bonds is 12. The maximum absolute atomic E-state index is 10.4. The Hall–Kier alpha value is 0.956. The van der Waals surface area contributed by atoms with E-state index in [9.17, 15) is 13.7 Å². The Bertz CT molecular complexity index is 251. The molecule has 0 spiro atoms.